The van der Waals surface area contributed by atoms with Gasteiger partial charge in [0, 0.05) is 6.07 Å². The van der Waals surface area contributed by atoms with Crippen molar-refractivity contribution in [1.29, 1.82) is 0 Å². The molecule has 0 amide bonds. The van der Waals surface area contributed by atoms with Crippen molar-refractivity contribution < 1.29 is 0 Å². The third kappa shape index (κ3) is 0.561. The molecule has 0 unspecified atom stereocenters. The highest BCUT2D eigenvalue weighted by molar-refractivity contribution is 5.32. The number of fused-ring (bicyclic) bond motifs is 1. The molecule has 0 aromatic carbocycles. The average Bonchev–Trinajstić information content (AvgIpc) is 2.33. The van der Waals surface area contributed by atoms with Gasteiger partial charge in [0.1, 0.15) is 0 Å². The van der Waals surface area contributed by atoms with Crippen LogP contribution in [0.1, 0.15) is 0 Å². The fraction of sp³-hybridized carbons (Fsp3) is 0. The summed E-state index contributed by atoms with van der Waals surface area (Å²) in [5.74, 6) is 0. The van der Waals surface area contributed by atoms with Gasteiger partial charge in [-0.05, 0) is 0 Å². The molecule has 0 aliphatic rings. The topological polar surface area (TPSA) is 43.1 Å². The van der Waals surface area contributed by atoms with Crippen molar-refractivity contribution in [2.45, 2.75) is 0 Å². The maximum Gasteiger partial charge on any atom is 0.177 e. The van der Waals surface area contributed by atoms with E-state index in [1.54, 1.807) is 29.2 Å². The van der Waals surface area contributed by atoms with Crippen LogP contribution in [0.3, 0.4) is 0 Å². The van der Waals surface area contributed by atoms with Gasteiger partial charge in [-0.15, -0.1) is 5.10 Å². The molecule has 2 heterocycles. The minimum absolute atomic E-state index is 0.775. The van der Waals surface area contributed by atoms with Crippen molar-refractivity contribution in [3.63, 3.8) is 0 Å². The molecule has 0 saturated heterocycles. The first-order valence-electron chi connectivity index (χ1n) is 2.58. The van der Waals surface area contributed by atoms with Gasteiger partial charge in [0.05, 0.1) is 18.6 Å². The summed E-state index contributed by atoms with van der Waals surface area (Å²) in [6.07, 6.45) is 5.03. The molecule has 0 fully saturated rings. The molecule has 0 atom stereocenters. The van der Waals surface area contributed by atoms with E-state index in [1.165, 1.54) is 0 Å². The third-order valence-corrected chi connectivity index (χ3v) is 1.08. The van der Waals surface area contributed by atoms with Crippen molar-refractivity contribution in [2.75, 3.05) is 0 Å². The average molecular weight is 120 g/mol. The molecule has 0 saturated carbocycles. The molecule has 44 valence electrons. The highest BCUT2D eigenvalue weighted by atomic mass is 15.3. The van der Waals surface area contributed by atoms with Gasteiger partial charge in [-0.2, -0.15) is 10.2 Å². The molecule has 4 heteroatoms. The number of aromatic nitrogens is 4. The molecule has 2 rings (SSSR count). The normalized spacial score (nSPS) is 10.2. The van der Waals surface area contributed by atoms with Crippen molar-refractivity contribution in [3.05, 3.63) is 24.7 Å². The summed E-state index contributed by atoms with van der Waals surface area (Å²) in [4.78, 5) is 0. The minimum Gasteiger partial charge on any atom is -0.219 e. The van der Waals surface area contributed by atoms with E-state index in [1.807, 2.05) is 0 Å². The lowest BCUT2D eigenvalue weighted by molar-refractivity contribution is 0.889. The number of rotatable bonds is 0. The Balaban J connectivity index is 2.95. The van der Waals surface area contributed by atoms with Gasteiger partial charge in [-0.1, -0.05) is 0 Å². The van der Waals surface area contributed by atoms with Gasteiger partial charge >= 0.3 is 0 Å². The second-order valence-corrected chi connectivity index (χ2v) is 1.65. The molecule has 9 heavy (non-hydrogen) atoms. The zero-order valence-electron chi connectivity index (χ0n) is 4.60. The van der Waals surface area contributed by atoms with Crippen LogP contribution in [0.4, 0.5) is 0 Å². The molecule has 0 radical (unpaired) electrons. The minimum atomic E-state index is 0.775. The molecular formula is C5H4N4. The van der Waals surface area contributed by atoms with Gasteiger partial charge in [0.2, 0.25) is 0 Å². The zero-order valence-corrected chi connectivity index (χ0v) is 4.60. The van der Waals surface area contributed by atoms with Crippen LogP contribution in [0.15, 0.2) is 24.7 Å². The maximum absolute atomic E-state index is 3.93. The van der Waals surface area contributed by atoms with Crippen LogP contribution in [0, 0.1) is 0 Å². The van der Waals surface area contributed by atoms with Crippen LogP contribution in [-0.4, -0.2) is 19.8 Å². The molecule has 0 aliphatic heterocycles. The molecule has 2 aromatic rings. The summed E-state index contributed by atoms with van der Waals surface area (Å²) in [7, 11) is 0. The van der Waals surface area contributed by atoms with Crippen molar-refractivity contribution in [3.8, 4) is 0 Å². The quantitative estimate of drug-likeness (QED) is 0.496. The van der Waals surface area contributed by atoms with E-state index in [9.17, 15) is 0 Å². The number of hydrogen-bond donors (Lipinski definition) is 0. The van der Waals surface area contributed by atoms with Crippen molar-refractivity contribution >= 4 is 5.65 Å². The molecule has 0 bridgehead atoms. The van der Waals surface area contributed by atoms with Gasteiger partial charge in [0.15, 0.2) is 5.65 Å². The Morgan fingerprint density at radius 3 is 3.22 bits per heavy atom. The monoisotopic (exact) mass is 120 g/mol. The molecule has 0 aliphatic carbocycles. The second kappa shape index (κ2) is 1.51. The largest absolute Gasteiger partial charge is 0.219 e. The first-order valence-corrected chi connectivity index (χ1v) is 2.58. The Morgan fingerprint density at radius 1 is 1.33 bits per heavy atom. The van der Waals surface area contributed by atoms with E-state index < -0.39 is 0 Å². The van der Waals surface area contributed by atoms with Gasteiger partial charge < -0.3 is 0 Å². The molecule has 0 spiro atoms. The van der Waals surface area contributed by atoms with Crippen LogP contribution in [0.2, 0.25) is 0 Å². The Bertz CT molecular complexity index is 283. The highest BCUT2D eigenvalue weighted by Crippen LogP contribution is 1.90. The lowest BCUT2D eigenvalue weighted by atomic mass is 10.7. The fourth-order valence-electron chi connectivity index (χ4n) is 0.687. The van der Waals surface area contributed by atoms with Crippen LogP contribution in [0.25, 0.3) is 5.65 Å². The van der Waals surface area contributed by atoms with E-state index in [2.05, 4.69) is 15.3 Å². The van der Waals surface area contributed by atoms with Crippen LogP contribution < -0.4 is 0 Å². The summed E-state index contributed by atoms with van der Waals surface area (Å²) in [5.41, 5.74) is 0.775. The summed E-state index contributed by atoms with van der Waals surface area (Å²) in [5, 5.41) is 11.4. The summed E-state index contributed by atoms with van der Waals surface area (Å²) >= 11 is 0. The first-order chi connectivity index (χ1) is 4.47. The summed E-state index contributed by atoms with van der Waals surface area (Å²) < 4.78 is 1.66. The Kier molecular flexibility index (Phi) is 0.745. The van der Waals surface area contributed by atoms with Crippen LogP contribution >= 0.6 is 0 Å². The number of nitrogens with zero attached hydrogens (tertiary/aromatic N) is 4. The smallest absolute Gasteiger partial charge is 0.177 e. The second-order valence-electron chi connectivity index (χ2n) is 1.65. The first kappa shape index (κ1) is 4.43. The zero-order chi connectivity index (χ0) is 6.10. The Hall–Kier alpha value is -1.45. The van der Waals surface area contributed by atoms with Crippen molar-refractivity contribution in [1.82, 2.24) is 19.8 Å². The highest BCUT2D eigenvalue weighted by Gasteiger charge is 1.88. The van der Waals surface area contributed by atoms with Gasteiger partial charge in [0.25, 0.3) is 0 Å². The number of hydrogen-bond acceptors (Lipinski definition) is 3. The lowest BCUT2D eigenvalue weighted by Crippen LogP contribution is -1.89. The van der Waals surface area contributed by atoms with E-state index in [0.717, 1.165) is 5.65 Å². The molecule has 0 N–H and O–H groups in total. The fourth-order valence-corrected chi connectivity index (χ4v) is 0.687. The third-order valence-electron chi connectivity index (χ3n) is 1.08. The standard InChI is InChI=1S/C5H4N4/c1-2-7-9-4-3-6-8-5(1)9/h1-4H. The van der Waals surface area contributed by atoms with Gasteiger partial charge in [-0.25, -0.2) is 4.52 Å². The molecular weight excluding hydrogens is 116 g/mol. The molecule has 4 nitrogen and oxygen atoms in total. The Labute approximate surface area is 51.1 Å². The van der Waals surface area contributed by atoms with Crippen LogP contribution in [-0.2, 0) is 0 Å². The Morgan fingerprint density at radius 2 is 2.33 bits per heavy atom. The summed E-state index contributed by atoms with van der Waals surface area (Å²) in [6.45, 7) is 0. The summed E-state index contributed by atoms with van der Waals surface area (Å²) in [6, 6.07) is 1.80. The van der Waals surface area contributed by atoms with Gasteiger partial charge in [-0.3, -0.25) is 0 Å². The molecule has 2 aromatic heterocycles. The maximum atomic E-state index is 3.93. The van der Waals surface area contributed by atoms with E-state index >= 15 is 0 Å². The predicted octanol–water partition coefficient (Wildman–Crippen LogP) is 0.124. The predicted molar refractivity (Wildman–Crippen MR) is 30.8 cm³/mol. The van der Waals surface area contributed by atoms with E-state index in [4.69, 9.17) is 0 Å². The van der Waals surface area contributed by atoms with Crippen molar-refractivity contribution in [2.24, 2.45) is 0 Å². The van der Waals surface area contributed by atoms with Crippen LogP contribution in [0.5, 0.6) is 0 Å². The SMILES string of the molecule is c1cn2nccc2nn1. The van der Waals surface area contributed by atoms with E-state index in [0.29, 0.717) is 0 Å². The lowest BCUT2D eigenvalue weighted by Gasteiger charge is -1.84. The van der Waals surface area contributed by atoms with E-state index in [-0.39, 0.29) is 0 Å².